The molecule has 128 valence electrons. The fourth-order valence-corrected chi connectivity index (χ4v) is 2.52. The lowest BCUT2D eigenvalue weighted by molar-refractivity contribution is 0.414. The highest BCUT2D eigenvalue weighted by atomic mass is 35.5. The van der Waals surface area contributed by atoms with Crippen LogP contribution < -0.4 is 15.4 Å². The number of halogens is 2. The number of nitrogens with zero attached hydrogens (tertiary/aromatic N) is 1. The number of hydrogen-bond donors (Lipinski definition) is 2. The minimum Gasteiger partial charge on any atom is -0.497 e. The average Bonchev–Trinajstić information content (AvgIpc) is 2.60. The van der Waals surface area contributed by atoms with Gasteiger partial charge in [-0.3, -0.25) is 4.99 Å². The van der Waals surface area contributed by atoms with Crippen molar-refractivity contribution in [2.45, 2.75) is 13.0 Å². The summed E-state index contributed by atoms with van der Waals surface area (Å²) in [6, 6.07) is 12.5. The van der Waals surface area contributed by atoms with E-state index in [1.165, 1.54) is 6.07 Å². The van der Waals surface area contributed by atoms with Gasteiger partial charge in [0.05, 0.1) is 7.11 Å². The molecule has 0 saturated heterocycles. The van der Waals surface area contributed by atoms with Crippen molar-refractivity contribution >= 4 is 17.6 Å². The Labute approximate surface area is 146 Å². The van der Waals surface area contributed by atoms with E-state index in [0.29, 0.717) is 36.1 Å². The lowest BCUT2D eigenvalue weighted by Crippen LogP contribution is -2.37. The van der Waals surface area contributed by atoms with Gasteiger partial charge in [0, 0.05) is 30.7 Å². The standard InChI is InChI=1S/C18H21ClFN3O/c1-21-18(23-12-13-5-3-6-14(11-13)24-2)22-10-9-15-16(19)7-4-8-17(15)20/h3-8,11H,9-10,12H2,1-2H3,(H2,21,22,23). The van der Waals surface area contributed by atoms with Gasteiger partial charge in [0.2, 0.25) is 0 Å². The maximum Gasteiger partial charge on any atom is 0.191 e. The van der Waals surface area contributed by atoms with Gasteiger partial charge in [-0.15, -0.1) is 0 Å². The van der Waals surface area contributed by atoms with Gasteiger partial charge in [0.25, 0.3) is 0 Å². The molecule has 0 heterocycles. The molecule has 0 aliphatic rings. The number of ether oxygens (including phenoxy) is 1. The summed E-state index contributed by atoms with van der Waals surface area (Å²) in [5.41, 5.74) is 1.59. The molecule has 24 heavy (non-hydrogen) atoms. The van der Waals surface area contributed by atoms with Crippen LogP contribution in [0, 0.1) is 5.82 Å². The van der Waals surface area contributed by atoms with E-state index in [2.05, 4.69) is 15.6 Å². The smallest absolute Gasteiger partial charge is 0.191 e. The highest BCUT2D eigenvalue weighted by molar-refractivity contribution is 6.31. The van der Waals surface area contributed by atoms with E-state index < -0.39 is 0 Å². The number of hydrogen-bond acceptors (Lipinski definition) is 2. The second kappa shape index (κ2) is 9.13. The van der Waals surface area contributed by atoms with Crippen LogP contribution in [0.15, 0.2) is 47.5 Å². The van der Waals surface area contributed by atoms with Crippen molar-refractivity contribution in [2.24, 2.45) is 4.99 Å². The molecule has 0 saturated carbocycles. The molecule has 0 aliphatic heterocycles. The monoisotopic (exact) mass is 349 g/mol. The Morgan fingerprint density at radius 2 is 2.00 bits per heavy atom. The predicted octanol–water partition coefficient (Wildman–Crippen LogP) is 3.40. The molecule has 2 aromatic carbocycles. The number of benzene rings is 2. The molecule has 0 fully saturated rings. The minimum absolute atomic E-state index is 0.288. The summed E-state index contributed by atoms with van der Waals surface area (Å²) in [4.78, 5) is 4.16. The zero-order valence-corrected chi connectivity index (χ0v) is 14.5. The van der Waals surface area contributed by atoms with E-state index >= 15 is 0 Å². The number of rotatable bonds is 6. The first-order chi connectivity index (χ1) is 11.6. The van der Waals surface area contributed by atoms with Gasteiger partial charge >= 0.3 is 0 Å². The van der Waals surface area contributed by atoms with Crippen molar-refractivity contribution in [1.29, 1.82) is 0 Å². The second-order valence-corrected chi connectivity index (χ2v) is 5.56. The maximum absolute atomic E-state index is 13.7. The van der Waals surface area contributed by atoms with Gasteiger partial charge in [0.1, 0.15) is 11.6 Å². The normalized spacial score (nSPS) is 11.2. The van der Waals surface area contributed by atoms with Crippen molar-refractivity contribution in [3.05, 3.63) is 64.4 Å². The van der Waals surface area contributed by atoms with Crippen LogP contribution >= 0.6 is 11.6 Å². The predicted molar refractivity (Wildman–Crippen MR) is 96.3 cm³/mol. The summed E-state index contributed by atoms with van der Waals surface area (Å²) in [5.74, 6) is 1.17. The molecule has 0 radical (unpaired) electrons. The third-order valence-corrected chi connectivity index (χ3v) is 3.90. The third-order valence-electron chi connectivity index (χ3n) is 3.55. The summed E-state index contributed by atoms with van der Waals surface area (Å²) >= 11 is 6.02. The largest absolute Gasteiger partial charge is 0.497 e. The van der Waals surface area contributed by atoms with E-state index in [1.807, 2.05) is 24.3 Å². The quantitative estimate of drug-likeness (QED) is 0.620. The molecule has 0 bridgehead atoms. The Morgan fingerprint density at radius 1 is 1.21 bits per heavy atom. The molecule has 0 unspecified atom stereocenters. The molecule has 2 rings (SSSR count). The molecule has 0 aromatic heterocycles. The van der Waals surface area contributed by atoms with Crippen LogP contribution in [0.2, 0.25) is 5.02 Å². The Bertz CT molecular complexity index is 686. The number of aliphatic imine (C=N–C) groups is 1. The van der Waals surface area contributed by atoms with Gasteiger partial charge in [-0.1, -0.05) is 29.8 Å². The van der Waals surface area contributed by atoms with Crippen molar-refractivity contribution in [3.63, 3.8) is 0 Å². The fourth-order valence-electron chi connectivity index (χ4n) is 2.27. The minimum atomic E-state index is -0.288. The van der Waals surface area contributed by atoms with E-state index in [4.69, 9.17) is 16.3 Å². The van der Waals surface area contributed by atoms with Crippen LogP contribution in [-0.4, -0.2) is 26.7 Å². The molecule has 0 aliphatic carbocycles. The lowest BCUT2D eigenvalue weighted by Gasteiger charge is -2.13. The third kappa shape index (κ3) is 5.13. The summed E-state index contributed by atoms with van der Waals surface area (Å²) in [5, 5.41) is 6.80. The van der Waals surface area contributed by atoms with E-state index in [9.17, 15) is 4.39 Å². The average molecular weight is 350 g/mol. The topological polar surface area (TPSA) is 45.7 Å². The number of nitrogens with one attached hydrogen (secondary N) is 2. The first kappa shape index (κ1) is 18.1. The van der Waals surface area contributed by atoms with E-state index in [1.54, 1.807) is 26.3 Å². The summed E-state index contributed by atoms with van der Waals surface area (Å²) in [6.07, 6.45) is 0.478. The molecule has 4 nitrogen and oxygen atoms in total. The van der Waals surface area contributed by atoms with Crippen molar-refractivity contribution in [1.82, 2.24) is 10.6 Å². The van der Waals surface area contributed by atoms with Gasteiger partial charge < -0.3 is 15.4 Å². The Morgan fingerprint density at radius 3 is 2.71 bits per heavy atom. The van der Waals surface area contributed by atoms with Crippen molar-refractivity contribution < 1.29 is 9.13 Å². The molecule has 0 spiro atoms. The molecule has 6 heteroatoms. The van der Waals surface area contributed by atoms with Crippen LogP contribution in [0.5, 0.6) is 5.75 Å². The summed E-state index contributed by atoms with van der Waals surface area (Å²) in [6.45, 7) is 1.13. The van der Waals surface area contributed by atoms with Crippen LogP contribution in [0.4, 0.5) is 4.39 Å². The number of methoxy groups -OCH3 is 1. The highest BCUT2D eigenvalue weighted by Gasteiger charge is 2.07. The SMILES string of the molecule is CN=C(NCCc1c(F)cccc1Cl)NCc1cccc(OC)c1. The van der Waals surface area contributed by atoms with Crippen LogP contribution in [0.1, 0.15) is 11.1 Å². The Kier molecular flexibility index (Phi) is 6.88. The van der Waals surface area contributed by atoms with Gasteiger partial charge in [0.15, 0.2) is 5.96 Å². The molecule has 0 amide bonds. The zero-order valence-electron chi connectivity index (χ0n) is 13.8. The molecule has 2 N–H and O–H groups in total. The van der Waals surface area contributed by atoms with Gasteiger partial charge in [-0.25, -0.2) is 4.39 Å². The Balaban J connectivity index is 1.84. The van der Waals surface area contributed by atoms with E-state index in [-0.39, 0.29) is 5.82 Å². The van der Waals surface area contributed by atoms with Crippen molar-refractivity contribution in [3.8, 4) is 5.75 Å². The summed E-state index contributed by atoms with van der Waals surface area (Å²) < 4.78 is 18.9. The first-order valence-electron chi connectivity index (χ1n) is 7.64. The van der Waals surface area contributed by atoms with Gasteiger partial charge in [-0.2, -0.15) is 0 Å². The Hall–Kier alpha value is -2.27. The number of guanidine groups is 1. The molecule has 0 atom stereocenters. The first-order valence-corrected chi connectivity index (χ1v) is 8.02. The van der Waals surface area contributed by atoms with Crippen LogP contribution in [-0.2, 0) is 13.0 Å². The lowest BCUT2D eigenvalue weighted by atomic mass is 10.1. The highest BCUT2D eigenvalue weighted by Crippen LogP contribution is 2.19. The zero-order chi connectivity index (χ0) is 17.4. The summed E-state index contributed by atoms with van der Waals surface area (Å²) in [7, 11) is 3.33. The molecule has 2 aromatic rings. The van der Waals surface area contributed by atoms with E-state index in [0.717, 1.165) is 11.3 Å². The van der Waals surface area contributed by atoms with Crippen LogP contribution in [0.3, 0.4) is 0 Å². The molecular weight excluding hydrogens is 329 g/mol. The second-order valence-electron chi connectivity index (χ2n) is 5.15. The van der Waals surface area contributed by atoms with Gasteiger partial charge in [-0.05, 0) is 36.2 Å². The van der Waals surface area contributed by atoms with Crippen molar-refractivity contribution in [2.75, 3.05) is 20.7 Å². The van der Waals surface area contributed by atoms with Crippen LogP contribution in [0.25, 0.3) is 0 Å². The fraction of sp³-hybridized carbons (Fsp3) is 0.278. The maximum atomic E-state index is 13.7. The molecular formula is C18H21ClFN3O.